The Bertz CT molecular complexity index is 961. The summed E-state index contributed by atoms with van der Waals surface area (Å²) in [5, 5.41) is 0.761. The number of benzene rings is 2. The number of halogens is 3. The lowest BCUT2D eigenvalue weighted by atomic mass is 10.2. The molecule has 0 aliphatic carbocycles. The molecule has 0 spiro atoms. The Morgan fingerprint density at radius 1 is 1.19 bits per heavy atom. The number of aromatic nitrogens is 1. The molecule has 0 saturated heterocycles. The Balaban J connectivity index is 2.03. The van der Waals surface area contributed by atoms with Crippen LogP contribution in [-0.4, -0.2) is 43.0 Å². The lowest BCUT2D eigenvalue weighted by Gasteiger charge is -2.22. The van der Waals surface area contributed by atoms with Gasteiger partial charge in [-0.1, -0.05) is 29.0 Å². The second-order valence-electron chi connectivity index (χ2n) is 6.00. The van der Waals surface area contributed by atoms with Crippen molar-refractivity contribution in [3.63, 3.8) is 0 Å². The van der Waals surface area contributed by atoms with E-state index in [1.165, 1.54) is 11.0 Å². The number of thiazole rings is 1. The van der Waals surface area contributed by atoms with Crippen LogP contribution >= 0.6 is 22.9 Å². The first-order valence-corrected chi connectivity index (χ1v) is 9.02. The van der Waals surface area contributed by atoms with Crippen molar-refractivity contribution in [3.8, 4) is 0 Å². The highest BCUT2D eigenvalue weighted by molar-refractivity contribution is 7.22. The van der Waals surface area contributed by atoms with E-state index in [0.717, 1.165) is 17.4 Å². The normalized spacial score (nSPS) is 11.3. The predicted molar refractivity (Wildman–Crippen MR) is 101 cm³/mol. The standard InChI is InChI=1S/C18H16ClF2N3OS/c1-23(2)6-7-24(17(25)11-4-3-5-12(19)8-11)18-22-16-14(21)9-13(20)10-15(16)26-18/h3-5,8-10H,6-7H2,1-2H3. The molecule has 1 aromatic heterocycles. The van der Waals surface area contributed by atoms with Gasteiger partial charge in [0.15, 0.2) is 10.9 Å². The molecule has 136 valence electrons. The van der Waals surface area contributed by atoms with Crippen LogP contribution < -0.4 is 4.90 Å². The molecule has 0 fully saturated rings. The molecular weight excluding hydrogens is 380 g/mol. The van der Waals surface area contributed by atoms with E-state index in [-0.39, 0.29) is 11.4 Å². The van der Waals surface area contributed by atoms with E-state index in [0.29, 0.717) is 33.5 Å². The van der Waals surface area contributed by atoms with Crippen LogP contribution in [0, 0.1) is 11.6 Å². The first-order chi connectivity index (χ1) is 12.3. The summed E-state index contributed by atoms with van der Waals surface area (Å²) in [6.07, 6.45) is 0. The largest absolute Gasteiger partial charge is 0.308 e. The third-order valence-electron chi connectivity index (χ3n) is 3.72. The van der Waals surface area contributed by atoms with E-state index in [1.807, 2.05) is 19.0 Å². The topological polar surface area (TPSA) is 36.4 Å². The van der Waals surface area contributed by atoms with Gasteiger partial charge in [0.1, 0.15) is 11.3 Å². The van der Waals surface area contributed by atoms with Crippen molar-refractivity contribution >= 4 is 44.2 Å². The van der Waals surface area contributed by atoms with E-state index >= 15 is 0 Å². The van der Waals surface area contributed by atoms with Gasteiger partial charge in [-0.3, -0.25) is 9.69 Å². The molecule has 0 radical (unpaired) electrons. The molecule has 1 amide bonds. The molecule has 1 heterocycles. The molecule has 8 heteroatoms. The van der Waals surface area contributed by atoms with Crippen molar-refractivity contribution in [3.05, 3.63) is 58.6 Å². The number of likely N-dealkylation sites (N-methyl/N-ethyl adjacent to an activating group) is 1. The van der Waals surface area contributed by atoms with Crippen molar-refractivity contribution in [2.75, 3.05) is 32.1 Å². The van der Waals surface area contributed by atoms with Crippen molar-refractivity contribution in [2.45, 2.75) is 0 Å². The van der Waals surface area contributed by atoms with Crippen molar-refractivity contribution in [1.82, 2.24) is 9.88 Å². The third-order valence-corrected chi connectivity index (χ3v) is 4.98. The molecule has 0 N–H and O–H groups in total. The summed E-state index contributed by atoms with van der Waals surface area (Å²) in [4.78, 5) is 20.6. The Morgan fingerprint density at radius 3 is 2.65 bits per heavy atom. The van der Waals surface area contributed by atoms with E-state index < -0.39 is 11.6 Å². The maximum atomic E-state index is 14.0. The average Bonchev–Trinajstić information content (AvgIpc) is 2.98. The number of carbonyl (C=O) groups is 1. The highest BCUT2D eigenvalue weighted by atomic mass is 35.5. The molecule has 0 unspecified atom stereocenters. The van der Waals surface area contributed by atoms with Gasteiger partial charge in [-0.15, -0.1) is 0 Å². The van der Waals surface area contributed by atoms with Crippen LogP contribution in [0.4, 0.5) is 13.9 Å². The first-order valence-electron chi connectivity index (χ1n) is 7.83. The summed E-state index contributed by atoms with van der Waals surface area (Å²) < 4.78 is 27.8. The number of fused-ring (bicyclic) bond motifs is 1. The van der Waals surface area contributed by atoms with Crippen molar-refractivity contribution in [1.29, 1.82) is 0 Å². The van der Waals surface area contributed by atoms with Crippen molar-refractivity contribution in [2.24, 2.45) is 0 Å². The molecule has 3 aromatic rings. The molecule has 0 atom stereocenters. The summed E-state index contributed by atoms with van der Waals surface area (Å²) in [6, 6.07) is 8.60. The van der Waals surface area contributed by atoms with E-state index in [9.17, 15) is 13.6 Å². The van der Waals surface area contributed by atoms with Crippen LogP contribution in [0.25, 0.3) is 10.2 Å². The van der Waals surface area contributed by atoms with Crippen LogP contribution in [0.5, 0.6) is 0 Å². The highest BCUT2D eigenvalue weighted by Gasteiger charge is 2.22. The quantitative estimate of drug-likeness (QED) is 0.641. The van der Waals surface area contributed by atoms with E-state index in [2.05, 4.69) is 4.98 Å². The van der Waals surface area contributed by atoms with E-state index in [1.54, 1.807) is 24.3 Å². The molecule has 26 heavy (non-hydrogen) atoms. The van der Waals surface area contributed by atoms with Gasteiger partial charge >= 0.3 is 0 Å². The molecular formula is C18H16ClF2N3OS. The molecule has 3 rings (SSSR count). The van der Waals surface area contributed by atoms with Crippen LogP contribution in [0.2, 0.25) is 5.02 Å². The van der Waals surface area contributed by atoms with E-state index in [4.69, 9.17) is 11.6 Å². The minimum absolute atomic E-state index is 0.0557. The smallest absolute Gasteiger partial charge is 0.260 e. The van der Waals surface area contributed by atoms with Gasteiger partial charge in [-0.2, -0.15) is 0 Å². The summed E-state index contributed by atoms with van der Waals surface area (Å²) in [5.74, 6) is -1.72. The number of rotatable bonds is 5. The van der Waals surface area contributed by atoms with Gasteiger partial charge in [0, 0.05) is 29.7 Å². The SMILES string of the molecule is CN(C)CCN(C(=O)c1cccc(Cl)c1)c1nc2c(F)cc(F)cc2s1. The molecule has 0 bridgehead atoms. The lowest BCUT2D eigenvalue weighted by molar-refractivity contribution is 0.0985. The minimum atomic E-state index is -0.745. The summed E-state index contributed by atoms with van der Waals surface area (Å²) >= 11 is 7.06. The maximum absolute atomic E-state index is 14.0. The number of amides is 1. The summed E-state index contributed by atoms with van der Waals surface area (Å²) in [7, 11) is 3.77. The zero-order valence-electron chi connectivity index (χ0n) is 14.2. The number of nitrogens with zero attached hydrogens (tertiary/aromatic N) is 3. The van der Waals surface area contributed by atoms with Gasteiger partial charge in [0.2, 0.25) is 0 Å². The van der Waals surface area contributed by atoms with Gasteiger partial charge in [0.25, 0.3) is 5.91 Å². The molecule has 0 aliphatic rings. The predicted octanol–water partition coefficient (Wildman–Crippen LogP) is 4.44. The van der Waals surface area contributed by atoms with Gasteiger partial charge in [-0.25, -0.2) is 13.8 Å². The van der Waals surface area contributed by atoms with Gasteiger partial charge < -0.3 is 4.90 Å². The fourth-order valence-electron chi connectivity index (χ4n) is 2.42. The summed E-state index contributed by atoms with van der Waals surface area (Å²) in [5.41, 5.74) is 0.460. The Labute approximate surface area is 158 Å². The lowest BCUT2D eigenvalue weighted by Crippen LogP contribution is -2.36. The van der Waals surface area contributed by atoms with Crippen LogP contribution in [0.3, 0.4) is 0 Å². The second kappa shape index (κ2) is 7.65. The third kappa shape index (κ3) is 4.00. The number of anilines is 1. The second-order valence-corrected chi connectivity index (χ2v) is 7.45. The molecule has 2 aromatic carbocycles. The van der Waals surface area contributed by atoms with Gasteiger partial charge in [-0.05, 0) is 38.4 Å². The number of hydrogen-bond acceptors (Lipinski definition) is 4. The zero-order valence-corrected chi connectivity index (χ0v) is 15.7. The molecule has 4 nitrogen and oxygen atoms in total. The van der Waals surface area contributed by atoms with Crippen LogP contribution in [-0.2, 0) is 0 Å². The highest BCUT2D eigenvalue weighted by Crippen LogP contribution is 2.32. The van der Waals surface area contributed by atoms with Gasteiger partial charge in [0.05, 0.1) is 4.70 Å². The molecule has 0 saturated carbocycles. The maximum Gasteiger partial charge on any atom is 0.260 e. The Morgan fingerprint density at radius 2 is 1.96 bits per heavy atom. The fourth-order valence-corrected chi connectivity index (χ4v) is 3.64. The Hall–Kier alpha value is -2.09. The number of hydrogen-bond donors (Lipinski definition) is 0. The van der Waals surface area contributed by atoms with Crippen LogP contribution in [0.15, 0.2) is 36.4 Å². The minimum Gasteiger partial charge on any atom is -0.308 e. The molecule has 0 aliphatic heterocycles. The fraction of sp³-hybridized carbons (Fsp3) is 0.222. The number of carbonyl (C=O) groups excluding carboxylic acids is 1. The monoisotopic (exact) mass is 395 g/mol. The van der Waals surface area contributed by atoms with Crippen LogP contribution in [0.1, 0.15) is 10.4 Å². The summed E-state index contributed by atoms with van der Waals surface area (Å²) in [6.45, 7) is 0.932. The zero-order chi connectivity index (χ0) is 18.8. The Kier molecular flexibility index (Phi) is 5.50. The first kappa shape index (κ1) is 18.7. The average molecular weight is 396 g/mol. The van der Waals surface area contributed by atoms with Crippen molar-refractivity contribution < 1.29 is 13.6 Å².